The molecule has 0 aliphatic carbocycles. The van der Waals surface area contributed by atoms with Gasteiger partial charge in [0.05, 0.1) is 6.54 Å². The third kappa shape index (κ3) is 6.14. The lowest BCUT2D eigenvalue weighted by molar-refractivity contribution is -0.214. The summed E-state index contributed by atoms with van der Waals surface area (Å²) in [5.74, 6) is -5.82. The first-order chi connectivity index (χ1) is 14.9. The van der Waals surface area contributed by atoms with E-state index < -0.39 is 48.0 Å². The van der Waals surface area contributed by atoms with E-state index in [1.807, 2.05) is 5.32 Å². The van der Waals surface area contributed by atoms with E-state index in [1.54, 1.807) is 12.1 Å². The Morgan fingerprint density at radius 3 is 2.12 bits per heavy atom. The van der Waals surface area contributed by atoms with E-state index in [9.17, 15) is 37.1 Å². The molecule has 1 atom stereocenters. The van der Waals surface area contributed by atoms with Crippen molar-refractivity contribution < 1.29 is 41.9 Å². The fraction of sp³-hybridized carbons (Fsp3) is 0.316. The SMILES string of the molecule is C[C@](NC(=O)CN)(OC(=O)C(F)(F)F)C(=O)Nc1ccc(CCN2C(=O)C=CC2=O)cc1. The number of imide groups is 1. The lowest BCUT2D eigenvalue weighted by Gasteiger charge is -2.29. The topological polar surface area (TPSA) is 148 Å². The fourth-order valence-corrected chi connectivity index (χ4v) is 2.59. The lowest BCUT2D eigenvalue weighted by atomic mass is 10.1. The molecule has 0 bridgehead atoms. The highest BCUT2D eigenvalue weighted by Crippen LogP contribution is 2.22. The number of esters is 1. The molecule has 0 unspecified atom stereocenters. The fourth-order valence-electron chi connectivity index (χ4n) is 2.59. The van der Waals surface area contributed by atoms with E-state index in [1.165, 1.54) is 12.1 Å². The molecular weight excluding hydrogens is 437 g/mol. The number of hydrogen-bond acceptors (Lipinski definition) is 7. The van der Waals surface area contributed by atoms with Crippen molar-refractivity contribution in [3.63, 3.8) is 0 Å². The van der Waals surface area contributed by atoms with Gasteiger partial charge in [-0.25, -0.2) is 4.79 Å². The van der Waals surface area contributed by atoms with Crippen molar-refractivity contribution in [1.29, 1.82) is 0 Å². The summed E-state index contributed by atoms with van der Waals surface area (Å²) in [5, 5.41) is 4.08. The highest BCUT2D eigenvalue weighted by molar-refractivity contribution is 6.12. The number of carbonyl (C=O) groups is 5. The smallest absolute Gasteiger partial charge is 0.423 e. The third-order valence-corrected chi connectivity index (χ3v) is 4.26. The zero-order valence-electron chi connectivity index (χ0n) is 16.7. The Kier molecular flexibility index (Phi) is 7.36. The average Bonchev–Trinajstić information content (AvgIpc) is 3.04. The van der Waals surface area contributed by atoms with Crippen LogP contribution < -0.4 is 16.4 Å². The van der Waals surface area contributed by atoms with Crippen molar-refractivity contribution in [3.05, 3.63) is 42.0 Å². The van der Waals surface area contributed by atoms with Gasteiger partial charge in [-0.05, 0) is 24.1 Å². The second-order valence-corrected chi connectivity index (χ2v) is 6.74. The number of alkyl halides is 3. The van der Waals surface area contributed by atoms with Crippen LogP contribution in [0.3, 0.4) is 0 Å². The second kappa shape index (κ2) is 9.60. The predicted octanol–water partition coefficient (Wildman–Crippen LogP) is -0.0108. The van der Waals surface area contributed by atoms with Crippen LogP contribution in [0.4, 0.5) is 18.9 Å². The molecule has 13 heteroatoms. The Hall–Kier alpha value is -3.74. The largest absolute Gasteiger partial charge is 0.491 e. The van der Waals surface area contributed by atoms with Crippen LogP contribution in [0.2, 0.25) is 0 Å². The van der Waals surface area contributed by atoms with E-state index in [-0.39, 0.29) is 12.2 Å². The van der Waals surface area contributed by atoms with Gasteiger partial charge in [0.15, 0.2) is 0 Å². The number of carbonyl (C=O) groups excluding carboxylic acids is 5. The zero-order valence-corrected chi connectivity index (χ0v) is 16.7. The van der Waals surface area contributed by atoms with Crippen LogP contribution in [0.15, 0.2) is 36.4 Å². The van der Waals surface area contributed by atoms with Gasteiger partial charge in [0, 0.05) is 31.3 Å². The molecule has 1 aromatic carbocycles. The minimum absolute atomic E-state index is 0.116. The molecule has 1 aliphatic heterocycles. The molecular formula is C19H19F3N4O6. The summed E-state index contributed by atoms with van der Waals surface area (Å²) in [6, 6.07) is 5.89. The Morgan fingerprint density at radius 2 is 1.62 bits per heavy atom. The molecule has 32 heavy (non-hydrogen) atoms. The van der Waals surface area contributed by atoms with Crippen LogP contribution in [-0.4, -0.2) is 59.5 Å². The average molecular weight is 456 g/mol. The predicted molar refractivity (Wildman–Crippen MR) is 102 cm³/mol. The van der Waals surface area contributed by atoms with Crippen LogP contribution >= 0.6 is 0 Å². The highest BCUT2D eigenvalue weighted by Gasteiger charge is 2.48. The Bertz CT molecular complexity index is 943. The molecule has 4 amide bonds. The summed E-state index contributed by atoms with van der Waals surface area (Å²) in [6.07, 6.45) is -2.76. The monoisotopic (exact) mass is 456 g/mol. The first-order valence-corrected chi connectivity index (χ1v) is 9.11. The van der Waals surface area contributed by atoms with Gasteiger partial charge in [-0.15, -0.1) is 0 Å². The van der Waals surface area contributed by atoms with Crippen molar-refractivity contribution in [2.75, 3.05) is 18.4 Å². The van der Waals surface area contributed by atoms with Crippen molar-refractivity contribution in [1.82, 2.24) is 10.2 Å². The molecule has 0 spiro atoms. The first kappa shape index (κ1) is 24.5. The van der Waals surface area contributed by atoms with Gasteiger partial charge in [0.25, 0.3) is 23.4 Å². The lowest BCUT2D eigenvalue weighted by Crippen LogP contribution is -2.59. The number of nitrogens with two attached hydrogens (primary N) is 1. The molecule has 1 aliphatic rings. The number of amides is 4. The minimum atomic E-state index is -5.40. The normalized spacial score (nSPS) is 15.3. The van der Waals surface area contributed by atoms with E-state index in [2.05, 4.69) is 10.1 Å². The number of benzene rings is 1. The van der Waals surface area contributed by atoms with Crippen molar-refractivity contribution in [2.45, 2.75) is 25.2 Å². The molecule has 0 saturated carbocycles. The van der Waals surface area contributed by atoms with Crippen LogP contribution in [0.1, 0.15) is 12.5 Å². The van der Waals surface area contributed by atoms with Gasteiger partial charge in [0.2, 0.25) is 5.91 Å². The number of anilines is 1. The number of rotatable bonds is 8. The molecule has 0 radical (unpaired) electrons. The maximum absolute atomic E-state index is 12.6. The Balaban J connectivity index is 2.06. The van der Waals surface area contributed by atoms with E-state index in [0.717, 1.165) is 24.0 Å². The summed E-state index contributed by atoms with van der Waals surface area (Å²) < 4.78 is 41.9. The zero-order chi connectivity index (χ0) is 24.1. The maximum Gasteiger partial charge on any atom is 0.491 e. The molecule has 1 heterocycles. The van der Waals surface area contributed by atoms with E-state index >= 15 is 0 Å². The minimum Gasteiger partial charge on any atom is -0.423 e. The molecule has 0 fully saturated rings. The van der Waals surface area contributed by atoms with Crippen molar-refractivity contribution in [3.8, 4) is 0 Å². The van der Waals surface area contributed by atoms with Crippen LogP contribution in [0.25, 0.3) is 0 Å². The summed E-state index contributed by atoms with van der Waals surface area (Å²) in [7, 11) is 0. The molecule has 2 rings (SSSR count). The molecule has 4 N–H and O–H groups in total. The summed E-state index contributed by atoms with van der Waals surface area (Å²) in [5.41, 5.74) is 3.22. The van der Waals surface area contributed by atoms with Gasteiger partial charge in [-0.2, -0.15) is 13.2 Å². The molecule has 1 aromatic rings. The molecule has 172 valence electrons. The Labute approximate surface area is 179 Å². The van der Waals surface area contributed by atoms with Crippen LogP contribution in [0, 0.1) is 0 Å². The molecule has 0 aromatic heterocycles. The standard InChI is InChI=1S/C19H19F3N4O6/c1-18(25-13(27)10-23,32-17(31)19(20,21)22)16(30)24-12-4-2-11(3-5-12)8-9-26-14(28)6-7-15(26)29/h2-7H,8-10,23H2,1H3,(H,24,30)(H,25,27)/t18-/m0/s1. The van der Waals surface area contributed by atoms with Crippen LogP contribution in [0.5, 0.6) is 0 Å². The van der Waals surface area contributed by atoms with Gasteiger partial charge < -0.3 is 21.1 Å². The van der Waals surface area contributed by atoms with Gasteiger partial charge >= 0.3 is 12.1 Å². The molecule has 10 nitrogen and oxygen atoms in total. The highest BCUT2D eigenvalue weighted by atomic mass is 19.4. The quantitative estimate of drug-likeness (QED) is 0.283. The summed E-state index contributed by atoms with van der Waals surface area (Å²) in [6.45, 7) is 0.234. The number of ether oxygens (including phenoxy) is 1. The number of halogens is 3. The number of hydrogen-bond donors (Lipinski definition) is 3. The van der Waals surface area contributed by atoms with Gasteiger partial charge in [0.1, 0.15) is 0 Å². The first-order valence-electron chi connectivity index (χ1n) is 9.11. The molecule has 0 saturated heterocycles. The van der Waals surface area contributed by atoms with E-state index in [0.29, 0.717) is 12.0 Å². The van der Waals surface area contributed by atoms with Crippen molar-refractivity contribution in [2.24, 2.45) is 5.73 Å². The van der Waals surface area contributed by atoms with Crippen molar-refractivity contribution >= 4 is 35.3 Å². The number of nitrogens with one attached hydrogen (secondary N) is 2. The Morgan fingerprint density at radius 1 is 1.06 bits per heavy atom. The summed E-state index contributed by atoms with van der Waals surface area (Å²) >= 11 is 0. The number of nitrogens with zero attached hydrogens (tertiary/aromatic N) is 1. The summed E-state index contributed by atoms with van der Waals surface area (Å²) in [4.78, 5) is 59.4. The third-order valence-electron chi connectivity index (χ3n) is 4.26. The second-order valence-electron chi connectivity index (χ2n) is 6.74. The van der Waals surface area contributed by atoms with E-state index in [4.69, 9.17) is 5.73 Å². The van der Waals surface area contributed by atoms with Gasteiger partial charge in [-0.3, -0.25) is 24.1 Å². The maximum atomic E-state index is 12.6. The van der Waals surface area contributed by atoms with Gasteiger partial charge in [-0.1, -0.05) is 12.1 Å². The van der Waals surface area contributed by atoms with Crippen LogP contribution in [-0.2, 0) is 35.1 Å².